The average molecular weight is 923 g/mol. The van der Waals surface area contributed by atoms with E-state index in [0.717, 1.165) is 0 Å². The molecule has 9 rings (SSSR count). The summed E-state index contributed by atoms with van der Waals surface area (Å²) < 4.78 is 197. The SMILES string of the molecule is CC[Si]1(CC)c2cc3c4c(cc5c6c7c(cc8c9c(cc1c(c2c46)c97)C(=O)N(CC(F)(F)C(F)(F)C(F)(F)F)C8=O)[Si]5(CC)CC)C(=O)N(CC(F)(F)C(F)(F)C(F)(F)F)C3=O. The fourth-order valence-corrected chi connectivity index (χ4v) is 20.1. The van der Waals surface area contributed by atoms with Crippen molar-refractivity contribution in [2.24, 2.45) is 0 Å². The molecule has 22 heteroatoms. The van der Waals surface area contributed by atoms with Crippen molar-refractivity contribution < 1.29 is 80.6 Å². The molecule has 0 atom stereocenters. The standard InChI is InChI=1S/C40H28F14N2O4Si2/c1-5-61(6-2)19-9-15-23-17(33(59)55(31(15)57)13-35(41,42)37(45,46)39(49,50)51)11-21-27-28-22(62(21,7-3)8-4)12-18-24-16(10-20(61)26(30(24)28)25(19)29(23)27)32(58)56(34(18)60)14-36(43,44)38(47,48)40(52,53)54/h9-12H,5-8,13-14H2,1-4H3. The molecule has 5 aromatic carbocycles. The van der Waals surface area contributed by atoms with Gasteiger partial charge in [0.05, 0.1) is 13.1 Å². The van der Waals surface area contributed by atoms with Gasteiger partial charge in [-0.05, 0) is 77.3 Å². The number of alkyl halides is 14. The second-order valence-electron chi connectivity index (χ2n) is 16.4. The molecule has 0 radical (unpaired) electrons. The smallest absolute Gasteiger partial charge is 0.269 e. The van der Waals surface area contributed by atoms with Crippen LogP contribution in [0, 0.1) is 0 Å². The summed E-state index contributed by atoms with van der Waals surface area (Å²) in [5, 5.41) is 3.72. The van der Waals surface area contributed by atoms with Crippen LogP contribution in [0.15, 0.2) is 24.3 Å². The van der Waals surface area contributed by atoms with Gasteiger partial charge < -0.3 is 0 Å². The Bertz CT molecular complexity index is 2620. The normalized spacial score (nSPS) is 18.5. The van der Waals surface area contributed by atoms with E-state index in [4.69, 9.17) is 0 Å². The average Bonchev–Trinajstić information content (AvgIpc) is 3.64. The second-order valence-corrected chi connectivity index (χ2v) is 25.7. The molecule has 0 aromatic heterocycles. The number of nitrogens with zero attached hydrogens (tertiary/aromatic N) is 2. The van der Waals surface area contributed by atoms with E-state index in [2.05, 4.69) is 0 Å². The predicted molar refractivity (Wildman–Crippen MR) is 202 cm³/mol. The Morgan fingerprint density at radius 3 is 0.806 bits per heavy atom. The summed E-state index contributed by atoms with van der Waals surface area (Å²) in [6.45, 7) is 1.58. The van der Waals surface area contributed by atoms with Crippen LogP contribution in [0.2, 0.25) is 24.2 Å². The molecular weight excluding hydrogens is 895 g/mol. The fraction of sp³-hybridized carbons (Fsp3) is 0.400. The first-order valence-corrected chi connectivity index (χ1v) is 24.1. The minimum absolute atomic E-state index is 0.0873. The summed E-state index contributed by atoms with van der Waals surface area (Å²) in [5.41, 5.74) is -1.80. The number of carbonyl (C=O) groups excluding carboxylic acids is 4. The van der Waals surface area contributed by atoms with Gasteiger partial charge in [0.25, 0.3) is 23.6 Å². The third-order valence-corrected chi connectivity index (χ3v) is 24.6. The topological polar surface area (TPSA) is 74.8 Å². The van der Waals surface area contributed by atoms with Crippen LogP contribution >= 0.6 is 0 Å². The van der Waals surface area contributed by atoms with Crippen molar-refractivity contribution >= 4 is 104 Å². The molecule has 0 bridgehead atoms. The Morgan fingerprint density at radius 2 is 0.613 bits per heavy atom. The molecular formula is C40H28F14N2O4Si2. The molecule has 5 aromatic rings. The molecule has 6 nitrogen and oxygen atoms in total. The Morgan fingerprint density at radius 1 is 0.387 bits per heavy atom. The van der Waals surface area contributed by atoms with Gasteiger partial charge in [-0.25, -0.2) is 0 Å². The first kappa shape index (κ1) is 42.4. The van der Waals surface area contributed by atoms with Crippen molar-refractivity contribution in [1.29, 1.82) is 0 Å². The van der Waals surface area contributed by atoms with E-state index in [9.17, 15) is 63.1 Å². The molecule has 4 aliphatic rings. The van der Waals surface area contributed by atoms with Crippen LogP contribution in [0.1, 0.15) is 69.1 Å². The molecule has 0 fully saturated rings. The van der Waals surface area contributed by atoms with E-state index < -0.39 is 111 Å². The van der Waals surface area contributed by atoms with Gasteiger partial charge in [0.1, 0.15) is 16.1 Å². The van der Waals surface area contributed by atoms with E-state index in [0.29, 0.717) is 42.3 Å². The zero-order valence-corrected chi connectivity index (χ0v) is 34.4. The number of benzene rings is 5. The van der Waals surface area contributed by atoms with Gasteiger partial charge in [-0.3, -0.25) is 29.0 Å². The molecule has 4 aliphatic heterocycles. The highest BCUT2D eigenvalue weighted by atomic mass is 28.3. The van der Waals surface area contributed by atoms with Crippen molar-refractivity contribution in [2.75, 3.05) is 13.1 Å². The van der Waals surface area contributed by atoms with Gasteiger partial charge in [0.15, 0.2) is 0 Å². The minimum Gasteiger partial charge on any atom is -0.269 e. The maximum absolute atomic E-state index is 15.1. The summed E-state index contributed by atoms with van der Waals surface area (Å²) in [5.74, 6) is -31.7. The summed E-state index contributed by atoms with van der Waals surface area (Å²) in [6, 6.07) is 6.00. The molecule has 4 heterocycles. The molecule has 0 N–H and O–H groups in total. The number of amides is 4. The lowest BCUT2D eigenvalue weighted by molar-refractivity contribution is -0.354. The summed E-state index contributed by atoms with van der Waals surface area (Å²) in [6.07, 6.45) is -13.5. The molecule has 62 heavy (non-hydrogen) atoms. The maximum atomic E-state index is 15.1. The molecule has 0 aliphatic carbocycles. The number of halogens is 14. The molecule has 328 valence electrons. The van der Waals surface area contributed by atoms with Crippen LogP contribution < -0.4 is 20.7 Å². The van der Waals surface area contributed by atoms with Gasteiger partial charge >= 0.3 is 36.0 Å². The molecule has 0 unspecified atom stereocenters. The van der Waals surface area contributed by atoms with Crippen LogP contribution in [-0.2, 0) is 0 Å². The highest BCUT2D eigenvalue weighted by Crippen LogP contribution is 2.53. The monoisotopic (exact) mass is 922 g/mol. The third kappa shape index (κ3) is 4.52. The number of carbonyl (C=O) groups is 4. The molecule has 0 saturated heterocycles. The van der Waals surface area contributed by atoms with E-state index in [-0.39, 0.29) is 55.5 Å². The van der Waals surface area contributed by atoms with Gasteiger partial charge in [-0.2, -0.15) is 61.5 Å². The first-order valence-electron chi connectivity index (χ1n) is 19.2. The number of rotatable bonds is 10. The van der Waals surface area contributed by atoms with E-state index >= 15 is 17.6 Å². The minimum atomic E-state index is -6.77. The van der Waals surface area contributed by atoms with E-state index in [1.54, 1.807) is 27.7 Å². The fourth-order valence-electron chi connectivity index (χ4n) is 10.9. The Labute approximate surface area is 341 Å². The van der Waals surface area contributed by atoms with Crippen LogP contribution in [-0.4, -0.2) is 98.7 Å². The van der Waals surface area contributed by atoms with Gasteiger partial charge in [-0.15, -0.1) is 0 Å². The summed E-state index contributed by atoms with van der Waals surface area (Å²) in [4.78, 5) is 56.5. The summed E-state index contributed by atoms with van der Waals surface area (Å²) >= 11 is 0. The van der Waals surface area contributed by atoms with Crippen molar-refractivity contribution in [3.05, 3.63) is 46.5 Å². The maximum Gasteiger partial charge on any atom is 0.459 e. The van der Waals surface area contributed by atoms with Gasteiger partial charge in [-0.1, -0.05) is 51.9 Å². The molecule has 4 amide bonds. The van der Waals surface area contributed by atoms with Crippen LogP contribution in [0.25, 0.3) is 43.1 Å². The predicted octanol–water partition coefficient (Wildman–Crippen LogP) is 8.43. The number of hydrogen-bond acceptors (Lipinski definition) is 4. The highest BCUT2D eigenvalue weighted by Gasteiger charge is 2.75. The first-order chi connectivity index (χ1) is 28.5. The van der Waals surface area contributed by atoms with Crippen LogP contribution in [0.4, 0.5) is 61.5 Å². The van der Waals surface area contributed by atoms with Crippen LogP contribution in [0.3, 0.4) is 0 Å². The van der Waals surface area contributed by atoms with Gasteiger partial charge in [0.2, 0.25) is 0 Å². The van der Waals surface area contributed by atoms with Crippen LogP contribution in [0.5, 0.6) is 0 Å². The van der Waals surface area contributed by atoms with Gasteiger partial charge in [0, 0.05) is 33.0 Å². The third-order valence-electron chi connectivity index (χ3n) is 14.0. The van der Waals surface area contributed by atoms with E-state index in [1.165, 1.54) is 24.3 Å². The quantitative estimate of drug-likeness (QED) is 0.0464. The van der Waals surface area contributed by atoms with Crippen molar-refractivity contribution in [1.82, 2.24) is 9.80 Å². The van der Waals surface area contributed by atoms with Crippen molar-refractivity contribution in [3.63, 3.8) is 0 Å². The lowest BCUT2D eigenvalue weighted by atomic mass is 9.82. The number of imide groups is 2. The Balaban J connectivity index is 1.38. The zero-order valence-electron chi connectivity index (χ0n) is 32.4. The largest absolute Gasteiger partial charge is 0.459 e. The van der Waals surface area contributed by atoms with Crippen molar-refractivity contribution in [2.45, 2.75) is 87.9 Å². The lowest BCUT2D eigenvalue weighted by Crippen LogP contribution is -2.60. The molecule has 0 spiro atoms. The van der Waals surface area contributed by atoms with Crippen molar-refractivity contribution in [3.8, 4) is 0 Å². The highest BCUT2D eigenvalue weighted by molar-refractivity contribution is 7.10. The number of hydrogen-bond donors (Lipinski definition) is 0. The van der Waals surface area contributed by atoms with E-state index in [1.807, 2.05) is 0 Å². The second kappa shape index (κ2) is 12.0. The summed E-state index contributed by atoms with van der Waals surface area (Å²) in [7, 11) is -6.87. The Hall–Kier alpha value is -4.87. The Kier molecular flexibility index (Phi) is 8.23. The lowest BCUT2D eigenvalue weighted by Gasteiger charge is -2.36. The zero-order chi connectivity index (χ0) is 45.8. The molecule has 0 saturated carbocycles.